The van der Waals surface area contributed by atoms with Gasteiger partial charge in [0.15, 0.2) is 0 Å². The number of hydrogen-bond acceptors (Lipinski definition) is 3. The Balaban J connectivity index is 1.61. The van der Waals surface area contributed by atoms with E-state index in [1.165, 1.54) is 5.56 Å². The highest BCUT2D eigenvalue weighted by atomic mass is 16.5. The normalized spacial score (nSPS) is 20.8. The Hall–Kier alpha value is -2.17. The molecule has 4 rings (SSSR count). The molecule has 4 heteroatoms. The van der Waals surface area contributed by atoms with E-state index in [-0.39, 0.29) is 24.0 Å². The number of para-hydroxylation sites is 1. The highest BCUT2D eigenvalue weighted by Gasteiger charge is 2.40. The average molecular weight is 364 g/mol. The number of rotatable bonds is 7. The first-order chi connectivity index (χ1) is 13.3. The molecule has 2 atom stereocenters. The maximum atomic E-state index is 13.3. The number of benzene rings is 2. The third-order valence-corrected chi connectivity index (χ3v) is 5.49. The molecule has 2 fully saturated rings. The van der Waals surface area contributed by atoms with Gasteiger partial charge in [0.1, 0.15) is 0 Å². The van der Waals surface area contributed by atoms with Gasteiger partial charge in [0.05, 0.1) is 18.8 Å². The molecule has 2 unspecified atom stereocenters. The van der Waals surface area contributed by atoms with E-state index < -0.39 is 0 Å². The fourth-order valence-corrected chi connectivity index (χ4v) is 3.87. The quantitative estimate of drug-likeness (QED) is 0.818. The minimum absolute atomic E-state index is 0.0189. The van der Waals surface area contributed by atoms with Gasteiger partial charge in [0.25, 0.3) is 0 Å². The van der Waals surface area contributed by atoms with Gasteiger partial charge in [-0.3, -0.25) is 4.79 Å². The molecular formula is C23H28N2O2. The fraction of sp³-hybridized carbons (Fsp3) is 0.435. The van der Waals surface area contributed by atoms with Crippen molar-refractivity contribution in [2.75, 3.05) is 24.6 Å². The van der Waals surface area contributed by atoms with Crippen LogP contribution in [0.25, 0.3) is 0 Å². The van der Waals surface area contributed by atoms with Crippen molar-refractivity contribution in [1.29, 1.82) is 0 Å². The van der Waals surface area contributed by atoms with Crippen molar-refractivity contribution in [2.45, 2.75) is 37.8 Å². The molecule has 1 amide bonds. The molecule has 1 saturated carbocycles. The number of morpholine rings is 1. The molecule has 4 nitrogen and oxygen atoms in total. The van der Waals surface area contributed by atoms with Crippen molar-refractivity contribution in [1.82, 2.24) is 5.32 Å². The Kier molecular flexibility index (Phi) is 5.85. The molecule has 0 radical (unpaired) electrons. The van der Waals surface area contributed by atoms with Crippen LogP contribution in [0, 0.1) is 5.92 Å². The van der Waals surface area contributed by atoms with Crippen molar-refractivity contribution in [3.63, 3.8) is 0 Å². The van der Waals surface area contributed by atoms with Gasteiger partial charge in [0, 0.05) is 24.7 Å². The van der Waals surface area contributed by atoms with E-state index in [0.29, 0.717) is 6.61 Å². The number of ether oxygens (including phenoxy) is 1. The number of carbonyl (C=O) groups is 1. The second-order valence-corrected chi connectivity index (χ2v) is 7.52. The minimum Gasteiger partial charge on any atom is -0.373 e. The van der Waals surface area contributed by atoms with Gasteiger partial charge < -0.3 is 15.0 Å². The lowest BCUT2D eigenvalue weighted by Crippen LogP contribution is -2.55. The number of hydrogen-bond donors (Lipinski definition) is 1. The van der Waals surface area contributed by atoms with Gasteiger partial charge in [0.2, 0.25) is 5.91 Å². The topological polar surface area (TPSA) is 41.6 Å². The molecule has 1 aliphatic heterocycles. The zero-order valence-corrected chi connectivity index (χ0v) is 15.7. The molecule has 2 aliphatic rings. The van der Waals surface area contributed by atoms with E-state index in [4.69, 9.17) is 4.74 Å². The molecular weight excluding hydrogens is 336 g/mol. The Morgan fingerprint density at radius 1 is 1.07 bits per heavy atom. The maximum absolute atomic E-state index is 13.3. The predicted molar refractivity (Wildman–Crippen MR) is 108 cm³/mol. The van der Waals surface area contributed by atoms with Crippen LogP contribution in [0.4, 0.5) is 5.69 Å². The molecule has 27 heavy (non-hydrogen) atoms. The third kappa shape index (κ3) is 4.57. The first-order valence-corrected chi connectivity index (χ1v) is 10.1. The van der Waals surface area contributed by atoms with Crippen LogP contribution < -0.4 is 10.2 Å². The van der Waals surface area contributed by atoms with Crippen molar-refractivity contribution in [3.05, 3.63) is 66.2 Å². The van der Waals surface area contributed by atoms with Crippen LogP contribution in [0.3, 0.4) is 0 Å². The van der Waals surface area contributed by atoms with Gasteiger partial charge in [-0.2, -0.15) is 0 Å². The predicted octanol–water partition coefficient (Wildman–Crippen LogP) is 3.42. The van der Waals surface area contributed by atoms with Crippen LogP contribution in [0.5, 0.6) is 0 Å². The number of nitrogens with one attached hydrogen (secondary N) is 1. The Bertz CT molecular complexity index is 725. The number of carbonyl (C=O) groups excluding carboxylic acids is 1. The van der Waals surface area contributed by atoms with Crippen LogP contribution in [0.2, 0.25) is 0 Å². The summed E-state index contributed by atoms with van der Waals surface area (Å²) in [4.78, 5) is 15.3. The van der Waals surface area contributed by atoms with Gasteiger partial charge in [-0.25, -0.2) is 0 Å². The standard InChI is InChI=1S/C23H28N2O2/c26-23(19-12-13-19)25(20-9-5-2-6-10-20)21(22-17-24-15-16-27-22)14-11-18-7-3-1-4-8-18/h1-10,19,21-22,24H,11-17H2. The smallest absolute Gasteiger partial charge is 0.230 e. The maximum Gasteiger partial charge on any atom is 0.230 e. The molecule has 1 saturated heterocycles. The van der Waals surface area contributed by atoms with Crippen molar-refractivity contribution in [3.8, 4) is 0 Å². The summed E-state index contributed by atoms with van der Waals surface area (Å²) < 4.78 is 6.12. The minimum atomic E-state index is 0.0189. The summed E-state index contributed by atoms with van der Waals surface area (Å²) in [5, 5.41) is 3.44. The molecule has 1 aliphatic carbocycles. The van der Waals surface area contributed by atoms with Crippen LogP contribution in [-0.2, 0) is 16.0 Å². The summed E-state index contributed by atoms with van der Waals surface area (Å²) >= 11 is 0. The van der Waals surface area contributed by atoms with Gasteiger partial charge >= 0.3 is 0 Å². The van der Waals surface area contributed by atoms with E-state index in [0.717, 1.165) is 44.5 Å². The fourth-order valence-electron chi connectivity index (χ4n) is 3.87. The first-order valence-electron chi connectivity index (χ1n) is 10.1. The zero-order chi connectivity index (χ0) is 18.5. The van der Waals surface area contributed by atoms with Gasteiger partial charge in [-0.1, -0.05) is 48.5 Å². The monoisotopic (exact) mass is 364 g/mol. The Morgan fingerprint density at radius 2 is 1.78 bits per heavy atom. The SMILES string of the molecule is O=C(C1CC1)N(c1ccccc1)C(CCc1ccccc1)C1CNCCO1. The summed E-state index contributed by atoms with van der Waals surface area (Å²) in [6, 6.07) is 20.7. The average Bonchev–Trinajstić information content (AvgIpc) is 3.58. The van der Waals surface area contributed by atoms with Gasteiger partial charge in [-0.15, -0.1) is 0 Å². The molecule has 1 heterocycles. The number of nitrogens with zero attached hydrogens (tertiary/aromatic N) is 1. The third-order valence-electron chi connectivity index (χ3n) is 5.49. The van der Waals surface area contributed by atoms with Crippen LogP contribution in [-0.4, -0.2) is 37.7 Å². The summed E-state index contributed by atoms with van der Waals surface area (Å²) in [5.74, 6) is 0.439. The lowest BCUT2D eigenvalue weighted by molar-refractivity contribution is -0.121. The molecule has 0 spiro atoms. The van der Waals surface area contributed by atoms with Crippen molar-refractivity contribution in [2.24, 2.45) is 5.92 Å². The summed E-state index contributed by atoms with van der Waals surface area (Å²) in [6.45, 7) is 2.37. The molecule has 0 aromatic heterocycles. The number of amides is 1. The number of aryl methyl sites for hydroxylation is 1. The summed E-state index contributed by atoms with van der Waals surface area (Å²) in [7, 11) is 0. The lowest BCUT2D eigenvalue weighted by Gasteiger charge is -2.39. The van der Waals surface area contributed by atoms with E-state index in [9.17, 15) is 4.79 Å². The molecule has 1 N–H and O–H groups in total. The molecule has 2 aromatic rings. The Morgan fingerprint density at radius 3 is 2.41 bits per heavy atom. The second kappa shape index (κ2) is 8.68. The van der Waals surface area contributed by atoms with Crippen LogP contribution in [0.15, 0.2) is 60.7 Å². The van der Waals surface area contributed by atoms with Crippen LogP contribution in [0.1, 0.15) is 24.8 Å². The molecule has 142 valence electrons. The zero-order valence-electron chi connectivity index (χ0n) is 15.7. The summed E-state index contributed by atoms with van der Waals surface area (Å²) in [5.41, 5.74) is 2.29. The number of anilines is 1. The van der Waals surface area contributed by atoms with E-state index >= 15 is 0 Å². The highest BCUT2D eigenvalue weighted by molar-refractivity contribution is 5.97. The largest absolute Gasteiger partial charge is 0.373 e. The van der Waals surface area contributed by atoms with E-state index in [2.05, 4.69) is 29.6 Å². The first kappa shape index (κ1) is 18.2. The van der Waals surface area contributed by atoms with Crippen molar-refractivity contribution >= 4 is 11.6 Å². The van der Waals surface area contributed by atoms with Crippen LogP contribution >= 0.6 is 0 Å². The van der Waals surface area contributed by atoms with E-state index in [1.807, 2.05) is 41.3 Å². The second-order valence-electron chi connectivity index (χ2n) is 7.52. The highest BCUT2D eigenvalue weighted by Crippen LogP contribution is 2.35. The molecule has 0 bridgehead atoms. The van der Waals surface area contributed by atoms with Crippen molar-refractivity contribution < 1.29 is 9.53 Å². The van der Waals surface area contributed by atoms with E-state index in [1.54, 1.807) is 0 Å². The Labute approximate surface area is 161 Å². The lowest BCUT2D eigenvalue weighted by atomic mass is 9.97. The molecule has 2 aromatic carbocycles. The van der Waals surface area contributed by atoms with Gasteiger partial charge in [-0.05, 0) is 43.4 Å². The summed E-state index contributed by atoms with van der Waals surface area (Å²) in [6.07, 6.45) is 3.87.